The van der Waals surface area contributed by atoms with E-state index in [-0.39, 0.29) is 0 Å². The van der Waals surface area contributed by atoms with Crippen LogP contribution in [0.25, 0.3) is 22.6 Å². The van der Waals surface area contributed by atoms with Crippen LogP contribution in [0.3, 0.4) is 0 Å². The monoisotopic (exact) mass is 351 g/mol. The van der Waals surface area contributed by atoms with Crippen LogP contribution in [0.15, 0.2) is 45.3 Å². The summed E-state index contributed by atoms with van der Waals surface area (Å²) in [5.74, 6) is 3.75. The Morgan fingerprint density at radius 2 is 1.92 bits per heavy atom. The molecular weight excluding hydrogens is 330 g/mol. The molecule has 3 heterocycles. The summed E-state index contributed by atoms with van der Waals surface area (Å²) < 4.78 is 13.2. The van der Waals surface area contributed by atoms with Crippen LogP contribution in [0.4, 0.5) is 0 Å². The number of hydrogen-bond donors (Lipinski definition) is 0. The van der Waals surface area contributed by atoms with E-state index in [1.54, 1.807) is 6.92 Å². The largest absolute Gasteiger partial charge is 0.456 e. The molecule has 0 atom stereocenters. The third-order valence-electron chi connectivity index (χ3n) is 4.43. The van der Waals surface area contributed by atoms with Crippen molar-refractivity contribution < 1.29 is 8.94 Å². The zero-order valence-corrected chi connectivity index (χ0v) is 15.1. The van der Waals surface area contributed by atoms with E-state index < -0.39 is 0 Å². The summed E-state index contributed by atoms with van der Waals surface area (Å²) in [6.45, 7) is 6.05. The number of nitrogens with zero attached hydrogens (tertiary/aromatic N) is 5. The highest BCUT2D eigenvalue weighted by Crippen LogP contribution is 2.26. The number of benzene rings is 1. The van der Waals surface area contributed by atoms with Crippen LogP contribution in [0.5, 0.6) is 0 Å². The van der Waals surface area contributed by atoms with Crippen LogP contribution < -0.4 is 0 Å². The van der Waals surface area contributed by atoms with Gasteiger partial charge in [-0.1, -0.05) is 24.2 Å². The van der Waals surface area contributed by atoms with E-state index in [0.717, 1.165) is 34.9 Å². The number of imidazole rings is 1. The molecule has 26 heavy (non-hydrogen) atoms. The van der Waals surface area contributed by atoms with Gasteiger partial charge in [-0.05, 0) is 30.8 Å². The highest BCUT2D eigenvalue weighted by molar-refractivity contribution is 5.79. The molecule has 0 bridgehead atoms. The Morgan fingerprint density at radius 3 is 2.65 bits per heavy atom. The maximum Gasteiger partial charge on any atom is 0.223 e. The summed E-state index contributed by atoms with van der Waals surface area (Å²) >= 11 is 0. The van der Waals surface area contributed by atoms with Gasteiger partial charge in [0.1, 0.15) is 5.76 Å². The first-order valence-corrected chi connectivity index (χ1v) is 8.66. The summed E-state index contributed by atoms with van der Waals surface area (Å²) in [5.41, 5.74) is 2.05. The van der Waals surface area contributed by atoms with Gasteiger partial charge in [0.25, 0.3) is 0 Å². The predicted molar refractivity (Wildman–Crippen MR) is 97.2 cm³/mol. The number of furan rings is 1. The minimum atomic E-state index is 0.582. The molecule has 0 radical (unpaired) electrons. The van der Waals surface area contributed by atoms with Crippen molar-refractivity contribution in [2.75, 3.05) is 6.54 Å². The van der Waals surface area contributed by atoms with Gasteiger partial charge < -0.3 is 13.5 Å². The van der Waals surface area contributed by atoms with Crippen molar-refractivity contribution in [1.82, 2.24) is 24.6 Å². The summed E-state index contributed by atoms with van der Waals surface area (Å²) in [5, 5.41) is 3.96. The number of aromatic nitrogens is 4. The standard InChI is InChI=1S/C19H21N5O2/c1-4-24(12-18-20-13(2)26-22-18)11-14-9-10-17(25-14)19-21-15-7-5-6-8-16(15)23(19)3/h5-10H,4,11-12H2,1-3H3. The van der Waals surface area contributed by atoms with Crippen molar-refractivity contribution >= 4 is 11.0 Å². The molecule has 134 valence electrons. The average molecular weight is 351 g/mol. The van der Waals surface area contributed by atoms with Gasteiger partial charge in [0.05, 0.1) is 24.1 Å². The molecule has 0 amide bonds. The molecule has 0 aliphatic heterocycles. The third kappa shape index (κ3) is 3.13. The number of aryl methyl sites for hydroxylation is 2. The molecule has 0 unspecified atom stereocenters. The number of hydrogen-bond acceptors (Lipinski definition) is 6. The van der Waals surface area contributed by atoms with Crippen molar-refractivity contribution in [3.05, 3.63) is 53.9 Å². The first-order valence-electron chi connectivity index (χ1n) is 8.66. The van der Waals surface area contributed by atoms with Crippen LogP contribution >= 0.6 is 0 Å². The Kier molecular flexibility index (Phi) is 4.30. The number of fused-ring (bicyclic) bond motifs is 1. The fraction of sp³-hybridized carbons (Fsp3) is 0.316. The van der Waals surface area contributed by atoms with E-state index in [4.69, 9.17) is 8.94 Å². The van der Waals surface area contributed by atoms with E-state index >= 15 is 0 Å². The van der Waals surface area contributed by atoms with Crippen LogP contribution in [-0.4, -0.2) is 31.1 Å². The first kappa shape index (κ1) is 16.5. The van der Waals surface area contributed by atoms with E-state index in [9.17, 15) is 0 Å². The highest BCUT2D eigenvalue weighted by Gasteiger charge is 2.15. The van der Waals surface area contributed by atoms with Gasteiger partial charge in [0, 0.05) is 14.0 Å². The molecular formula is C19H21N5O2. The third-order valence-corrected chi connectivity index (χ3v) is 4.43. The normalized spacial score (nSPS) is 11.7. The maximum atomic E-state index is 6.07. The molecule has 0 fully saturated rings. The molecule has 0 N–H and O–H groups in total. The number of para-hydroxylation sites is 2. The summed E-state index contributed by atoms with van der Waals surface area (Å²) in [7, 11) is 2.00. The second-order valence-electron chi connectivity index (χ2n) is 6.28. The van der Waals surface area contributed by atoms with Crippen molar-refractivity contribution in [1.29, 1.82) is 0 Å². The lowest BCUT2D eigenvalue weighted by molar-refractivity contribution is 0.239. The van der Waals surface area contributed by atoms with Crippen LogP contribution in [0.2, 0.25) is 0 Å². The lowest BCUT2D eigenvalue weighted by atomic mass is 10.3. The lowest BCUT2D eigenvalue weighted by Crippen LogP contribution is -2.22. The molecule has 4 aromatic rings. The lowest BCUT2D eigenvalue weighted by Gasteiger charge is -2.16. The zero-order chi connectivity index (χ0) is 18.1. The Labute approximate surface area is 151 Å². The fourth-order valence-electron chi connectivity index (χ4n) is 3.05. The Balaban J connectivity index is 1.54. The molecule has 4 rings (SSSR count). The van der Waals surface area contributed by atoms with Crippen LogP contribution in [-0.2, 0) is 20.1 Å². The van der Waals surface area contributed by atoms with Gasteiger partial charge >= 0.3 is 0 Å². The van der Waals surface area contributed by atoms with E-state index in [0.29, 0.717) is 24.8 Å². The molecule has 0 aliphatic carbocycles. The van der Waals surface area contributed by atoms with Crippen LogP contribution in [0, 0.1) is 6.92 Å². The van der Waals surface area contributed by atoms with E-state index in [1.807, 2.05) is 37.4 Å². The Morgan fingerprint density at radius 1 is 1.08 bits per heavy atom. The minimum absolute atomic E-state index is 0.582. The second-order valence-corrected chi connectivity index (χ2v) is 6.28. The summed E-state index contributed by atoms with van der Waals surface area (Å²) in [4.78, 5) is 11.2. The molecule has 0 aliphatic rings. The summed E-state index contributed by atoms with van der Waals surface area (Å²) in [6.07, 6.45) is 0. The molecule has 0 saturated carbocycles. The zero-order valence-electron chi connectivity index (χ0n) is 15.1. The molecule has 7 heteroatoms. The topological polar surface area (TPSA) is 73.1 Å². The molecule has 1 aromatic carbocycles. The Hall–Kier alpha value is -2.93. The van der Waals surface area contributed by atoms with Crippen molar-refractivity contribution in [3.8, 4) is 11.6 Å². The molecule has 7 nitrogen and oxygen atoms in total. The van der Waals surface area contributed by atoms with Gasteiger partial charge in [-0.15, -0.1) is 0 Å². The van der Waals surface area contributed by atoms with Crippen LogP contribution in [0.1, 0.15) is 24.4 Å². The Bertz CT molecular complexity index is 1030. The molecule has 3 aromatic heterocycles. The minimum Gasteiger partial charge on any atom is -0.456 e. The van der Waals surface area contributed by atoms with Crippen molar-refractivity contribution in [3.63, 3.8) is 0 Å². The fourth-order valence-corrected chi connectivity index (χ4v) is 3.05. The molecule has 0 saturated heterocycles. The van der Waals surface area contributed by atoms with Gasteiger partial charge in [-0.3, -0.25) is 4.90 Å². The van der Waals surface area contributed by atoms with E-state index in [1.165, 1.54) is 0 Å². The smallest absolute Gasteiger partial charge is 0.223 e. The van der Waals surface area contributed by atoms with Gasteiger partial charge in [0.2, 0.25) is 5.89 Å². The second kappa shape index (κ2) is 6.76. The van der Waals surface area contributed by atoms with Gasteiger partial charge in [-0.2, -0.15) is 4.98 Å². The highest BCUT2D eigenvalue weighted by atomic mass is 16.5. The predicted octanol–water partition coefficient (Wildman–Crippen LogP) is 3.55. The van der Waals surface area contributed by atoms with Gasteiger partial charge in [0.15, 0.2) is 17.4 Å². The number of rotatable bonds is 6. The first-order chi connectivity index (χ1) is 12.6. The average Bonchev–Trinajstić information content (AvgIpc) is 3.34. The van der Waals surface area contributed by atoms with E-state index in [2.05, 4.69) is 37.6 Å². The SMILES string of the molecule is CCN(Cc1noc(C)n1)Cc1ccc(-c2nc3ccccc3n2C)o1. The van der Waals surface area contributed by atoms with Gasteiger partial charge in [-0.25, -0.2) is 4.98 Å². The van der Waals surface area contributed by atoms with Crippen molar-refractivity contribution in [2.45, 2.75) is 26.9 Å². The molecule has 0 spiro atoms. The van der Waals surface area contributed by atoms with Crippen molar-refractivity contribution in [2.24, 2.45) is 7.05 Å². The summed E-state index contributed by atoms with van der Waals surface area (Å²) in [6, 6.07) is 12.0. The quantitative estimate of drug-likeness (QED) is 0.529. The maximum absolute atomic E-state index is 6.07.